The average molecular weight is 362 g/mol. The number of ether oxygens (including phenoxy) is 1. The first-order valence-corrected chi connectivity index (χ1v) is 6.02. The summed E-state index contributed by atoms with van der Waals surface area (Å²) in [5, 5.41) is 10.8. The molecule has 0 unspecified atom stereocenters. The van der Waals surface area contributed by atoms with E-state index < -0.39 is 33.9 Å². The highest BCUT2D eigenvalue weighted by molar-refractivity contribution is 9.10. The summed E-state index contributed by atoms with van der Waals surface area (Å²) in [6.07, 6.45) is 0.823. The van der Waals surface area contributed by atoms with Crippen molar-refractivity contribution in [3.05, 3.63) is 44.6 Å². The molecule has 11 heteroatoms. The Morgan fingerprint density at radius 1 is 1.43 bits per heavy atom. The van der Waals surface area contributed by atoms with Gasteiger partial charge in [-0.1, -0.05) is 15.9 Å². The first kappa shape index (κ1) is 15.0. The Bertz CT molecular complexity index is 715. The number of nitrogens with one attached hydrogen (secondary N) is 1. The van der Waals surface area contributed by atoms with Crippen LogP contribution in [0.4, 0.5) is 20.4 Å². The number of nitrogens with two attached hydrogens (primary N) is 1. The number of nitrogens with zero attached hydrogens (tertiary/aromatic N) is 3. The summed E-state index contributed by atoms with van der Waals surface area (Å²) in [7, 11) is 0. The highest BCUT2D eigenvalue weighted by Gasteiger charge is 2.22. The Morgan fingerprint density at radius 3 is 2.76 bits per heavy atom. The van der Waals surface area contributed by atoms with Gasteiger partial charge in [-0.25, -0.2) is 15.2 Å². The maximum Gasteiger partial charge on any atom is 0.349 e. The van der Waals surface area contributed by atoms with Crippen LogP contribution in [0.5, 0.6) is 11.6 Å². The van der Waals surface area contributed by atoms with Crippen molar-refractivity contribution in [1.29, 1.82) is 0 Å². The van der Waals surface area contributed by atoms with Gasteiger partial charge in [0.25, 0.3) is 0 Å². The molecule has 1 aromatic heterocycles. The van der Waals surface area contributed by atoms with Gasteiger partial charge in [0, 0.05) is 4.47 Å². The number of nitro groups is 1. The number of nitrogen functional groups attached to an aromatic ring is 1. The minimum absolute atomic E-state index is 0.185. The van der Waals surface area contributed by atoms with Gasteiger partial charge >= 0.3 is 11.6 Å². The Balaban J connectivity index is 2.50. The Hall–Kier alpha value is -2.40. The molecule has 0 aliphatic carbocycles. The van der Waals surface area contributed by atoms with E-state index in [2.05, 4.69) is 31.3 Å². The number of benzene rings is 1. The maximum absolute atomic E-state index is 13.6. The van der Waals surface area contributed by atoms with E-state index in [-0.39, 0.29) is 10.4 Å². The molecule has 2 rings (SSSR count). The molecular weight excluding hydrogens is 356 g/mol. The monoisotopic (exact) mass is 361 g/mol. The summed E-state index contributed by atoms with van der Waals surface area (Å²) in [6.45, 7) is 0. The first-order valence-electron chi connectivity index (χ1n) is 5.23. The highest BCUT2D eigenvalue weighted by Crippen LogP contribution is 2.33. The lowest BCUT2D eigenvalue weighted by Gasteiger charge is -2.08. The third-order valence-electron chi connectivity index (χ3n) is 2.23. The predicted molar refractivity (Wildman–Crippen MR) is 70.6 cm³/mol. The van der Waals surface area contributed by atoms with Crippen molar-refractivity contribution in [3.63, 3.8) is 0 Å². The second-order valence-electron chi connectivity index (χ2n) is 3.59. The molecule has 0 spiro atoms. The molecule has 21 heavy (non-hydrogen) atoms. The number of aromatic nitrogens is 2. The fraction of sp³-hybridized carbons (Fsp3) is 0. The Kier molecular flexibility index (Phi) is 4.23. The Morgan fingerprint density at radius 2 is 2.14 bits per heavy atom. The largest absolute Gasteiger partial charge is 0.430 e. The number of hydrogen-bond acceptors (Lipinski definition) is 7. The van der Waals surface area contributed by atoms with Gasteiger partial charge in [-0.3, -0.25) is 15.5 Å². The molecular formula is C10H6BrF2N5O3. The SMILES string of the molecule is NNc1ncc([N+](=O)[O-])c(Oc2cc(Br)cc(F)c2F)n1. The van der Waals surface area contributed by atoms with Crippen molar-refractivity contribution in [3.8, 4) is 11.6 Å². The third kappa shape index (κ3) is 3.20. The van der Waals surface area contributed by atoms with E-state index in [4.69, 9.17) is 10.6 Å². The summed E-state index contributed by atoms with van der Waals surface area (Å²) in [6, 6.07) is 1.98. The van der Waals surface area contributed by atoms with E-state index in [0.717, 1.165) is 18.3 Å². The molecule has 0 saturated carbocycles. The zero-order chi connectivity index (χ0) is 15.6. The zero-order valence-corrected chi connectivity index (χ0v) is 11.6. The normalized spacial score (nSPS) is 10.3. The average Bonchev–Trinajstić information content (AvgIpc) is 2.43. The van der Waals surface area contributed by atoms with Crippen LogP contribution in [0.2, 0.25) is 0 Å². The number of hydrogen-bond donors (Lipinski definition) is 2. The molecule has 0 fully saturated rings. The zero-order valence-electron chi connectivity index (χ0n) is 10.0. The van der Waals surface area contributed by atoms with Gasteiger partial charge in [0.15, 0.2) is 11.6 Å². The van der Waals surface area contributed by atoms with E-state index >= 15 is 0 Å². The quantitative estimate of drug-likeness (QED) is 0.371. The summed E-state index contributed by atoms with van der Waals surface area (Å²) in [4.78, 5) is 17.1. The van der Waals surface area contributed by atoms with Crippen LogP contribution in [-0.4, -0.2) is 14.9 Å². The molecule has 3 N–H and O–H groups in total. The van der Waals surface area contributed by atoms with Crippen LogP contribution < -0.4 is 16.0 Å². The lowest BCUT2D eigenvalue weighted by molar-refractivity contribution is -0.386. The van der Waals surface area contributed by atoms with Crippen molar-refractivity contribution in [2.75, 3.05) is 5.43 Å². The molecule has 1 heterocycles. The van der Waals surface area contributed by atoms with Crippen molar-refractivity contribution >= 4 is 27.6 Å². The van der Waals surface area contributed by atoms with E-state index in [9.17, 15) is 18.9 Å². The van der Waals surface area contributed by atoms with Gasteiger partial charge < -0.3 is 4.74 Å². The molecule has 0 atom stereocenters. The van der Waals surface area contributed by atoms with Crippen molar-refractivity contribution in [1.82, 2.24) is 9.97 Å². The molecule has 0 bridgehead atoms. The van der Waals surface area contributed by atoms with Crippen LogP contribution in [0.15, 0.2) is 22.8 Å². The molecule has 0 aliphatic heterocycles. The van der Waals surface area contributed by atoms with Gasteiger partial charge in [0.2, 0.25) is 11.8 Å². The second-order valence-corrected chi connectivity index (χ2v) is 4.50. The molecule has 0 radical (unpaired) electrons. The van der Waals surface area contributed by atoms with Crippen LogP contribution in [0.1, 0.15) is 0 Å². The molecule has 8 nitrogen and oxygen atoms in total. The smallest absolute Gasteiger partial charge is 0.349 e. The number of hydrazine groups is 1. The summed E-state index contributed by atoms with van der Waals surface area (Å²) in [5.74, 6) is 1.23. The number of halogens is 3. The van der Waals surface area contributed by atoms with Gasteiger partial charge in [0.1, 0.15) is 6.20 Å². The van der Waals surface area contributed by atoms with Crippen LogP contribution in [-0.2, 0) is 0 Å². The lowest BCUT2D eigenvalue weighted by Crippen LogP contribution is -2.11. The van der Waals surface area contributed by atoms with E-state index in [0.29, 0.717) is 0 Å². The van der Waals surface area contributed by atoms with Gasteiger partial charge in [0.05, 0.1) is 4.92 Å². The van der Waals surface area contributed by atoms with Gasteiger partial charge in [-0.15, -0.1) is 0 Å². The van der Waals surface area contributed by atoms with Crippen molar-refractivity contribution in [2.24, 2.45) is 5.84 Å². The number of anilines is 1. The second kappa shape index (κ2) is 5.93. The van der Waals surface area contributed by atoms with E-state index in [1.54, 1.807) is 0 Å². The maximum atomic E-state index is 13.6. The third-order valence-corrected chi connectivity index (χ3v) is 2.69. The molecule has 2 aromatic rings. The van der Waals surface area contributed by atoms with E-state index in [1.165, 1.54) is 0 Å². The standard InChI is InChI=1S/C10H6BrF2N5O3/c11-4-1-5(12)8(13)7(2-4)21-9-6(18(19)20)3-15-10(16-9)17-14/h1-3H,14H2,(H,15,16,17). The molecule has 0 saturated heterocycles. The van der Waals surface area contributed by atoms with E-state index in [1.807, 2.05) is 0 Å². The highest BCUT2D eigenvalue weighted by atomic mass is 79.9. The predicted octanol–water partition coefficient (Wildman–Crippen LogP) is 2.50. The first-order chi connectivity index (χ1) is 9.92. The van der Waals surface area contributed by atoms with Crippen LogP contribution in [0.25, 0.3) is 0 Å². The van der Waals surface area contributed by atoms with Crippen molar-refractivity contribution < 1.29 is 18.4 Å². The molecule has 0 aliphatic rings. The minimum Gasteiger partial charge on any atom is -0.430 e. The minimum atomic E-state index is -1.31. The lowest BCUT2D eigenvalue weighted by atomic mass is 10.3. The summed E-state index contributed by atoms with van der Waals surface area (Å²) >= 11 is 2.95. The van der Waals surface area contributed by atoms with Crippen molar-refractivity contribution in [2.45, 2.75) is 0 Å². The van der Waals surface area contributed by atoms with Gasteiger partial charge in [-0.05, 0) is 12.1 Å². The van der Waals surface area contributed by atoms with Crippen LogP contribution >= 0.6 is 15.9 Å². The van der Waals surface area contributed by atoms with Gasteiger partial charge in [-0.2, -0.15) is 9.37 Å². The molecule has 0 amide bonds. The fourth-order valence-corrected chi connectivity index (χ4v) is 1.75. The van der Waals surface area contributed by atoms with Crippen LogP contribution in [0.3, 0.4) is 0 Å². The Labute approximate surface area is 124 Å². The fourth-order valence-electron chi connectivity index (χ4n) is 1.34. The molecule has 110 valence electrons. The topological polar surface area (TPSA) is 116 Å². The summed E-state index contributed by atoms with van der Waals surface area (Å²) < 4.78 is 32.0. The molecule has 1 aromatic carbocycles. The summed E-state index contributed by atoms with van der Waals surface area (Å²) in [5.41, 5.74) is 1.42. The number of rotatable bonds is 4. The van der Waals surface area contributed by atoms with Crippen LogP contribution in [0, 0.1) is 21.7 Å².